The molecule has 1 unspecified atom stereocenters. The van der Waals surface area contributed by atoms with Gasteiger partial charge < -0.3 is 19.6 Å². The molecule has 144 valence electrons. The van der Waals surface area contributed by atoms with Gasteiger partial charge in [-0.2, -0.15) is 0 Å². The molecule has 4 aliphatic rings. The third-order valence-electron chi connectivity index (χ3n) is 4.84. The van der Waals surface area contributed by atoms with Gasteiger partial charge in [-0.3, -0.25) is 14.2 Å². The number of ketones is 2. The van der Waals surface area contributed by atoms with Crippen LogP contribution in [0.4, 0.5) is 0 Å². The predicted octanol–water partition coefficient (Wildman–Crippen LogP) is 1.26. The Morgan fingerprint density at radius 3 is 1.96 bits per heavy atom. The van der Waals surface area contributed by atoms with Crippen LogP contribution < -0.4 is 0 Å². The zero-order valence-electron chi connectivity index (χ0n) is 15.6. The van der Waals surface area contributed by atoms with Gasteiger partial charge in [0, 0.05) is 57.7 Å². The van der Waals surface area contributed by atoms with E-state index in [2.05, 4.69) is 0 Å². The minimum absolute atomic E-state index is 0.00546. The standard InChI is InChI=1S/C12H13N3O2.C6H15O2P/c16-9-7-8(13-1-2-13)12(17)11(15-5-6-15)10(9)14-3-4-14;1-3-5-6-9(7,8)4-2/h7H,1-6H2;3-6H2,1-2H3,(H,7,8). The molecule has 1 atom stereocenters. The summed E-state index contributed by atoms with van der Waals surface area (Å²) in [5.41, 5.74) is 1.89. The van der Waals surface area contributed by atoms with Crippen LogP contribution in [0.25, 0.3) is 0 Å². The molecule has 1 aliphatic carbocycles. The molecule has 0 aromatic rings. The number of hydrogen-bond donors (Lipinski definition) is 1. The van der Waals surface area contributed by atoms with Crippen LogP contribution >= 0.6 is 7.37 Å². The van der Waals surface area contributed by atoms with Crippen LogP contribution in [0.3, 0.4) is 0 Å². The molecule has 3 saturated heterocycles. The molecular weight excluding hydrogens is 353 g/mol. The highest BCUT2D eigenvalue weighted by molar-refractivity contribution is 7.57. The summed E-state index contributed by atoms with van der Waals surface area (Å²) in [4.78, 5) is 39.5. The summed E-state index contributed by atoms with van der Waals surface area (Å²) in [6, 6.07) is 0. The molecule has 8 heteroatoms. The van der Waals surface area contributed by atoms with Crippen molar-refractivity contribution in [3.63, 3.8) is 0 Å². The highest BCUT2D eigenvalue weighted by Crippen LogP contribution is 2.40. The summed E-state index contributed by atoms with van der Waals surface area (Å²) in [7, 11) is -2.69. The lowest BCUT2D eigenvalue weighted by molar-refractivity contribution is -0.117. The SMILES string of the molecule is CCCCP(=O)(O)CC.O=C1C=C(N2CC2)C(=O)C(N2CC2)=C1N1CC1. The van der Waals surface area contributed by atoms with Gasteiger partial charge in [-0.05, 0) is 6.42 Å². The van der Waals surface area contributed by atoms with Crippen molar-refractivity contribution in [3.8, 4) is 0 Å². The van der Waals surface area contributed by atoms with E-state index in [1.165, 1.54) is 6.08 Å². The lowest BCUT2D eigenvalue weighted by Gasteiger charge is -2.21. The maximum absolute atomic E-state index is 12.4. The Kier molecular flexibility index (Phi) is 5.58. The fourth-order valence-electron chi connectivity index (χ4n) is 2.84. The van der Waals surface area contributed by atoms with Gasteiger partial charge in [0.2, 0.25) is 11.6 Å². The van der Waals surface area contributed by atoms with E-state index < -0.39 is 7.37 Å². The van der Waals surface area contributed by atoms with Gasteiger partial charge in [0.15, 0.2) is 7.37 Å². The maximum atomic E-state index is 12.4. The molecule has 26 heavy (non-hydrogen) atoms. The number of hydrogen-bond acceptors (Lipinski definition) is 6. The summed E-state index contributed by atoms with van der Waals surface area (Å²) in [5.74, 6) is 0.0485. The van der Waals surface area contributed by atoms with E-state index in [1.54, 1.807) is 6.92 Å². The first kappa shape index (κ1) is 19.2. The number of carbonyl (C=O) groups is 2. The van der Waals surface area contributed by atoms with E-state index in [-0.39, 0.29) is 11.6 Å². The van der Waals surface area contributed by atoms with Gasteiger partial charge in [-0.15, -0.1) is 0 Å². The van der Waals surface area contributed by atoms with Gasteiger partial charge in [0.1, 0.15) is 11.4 Å². The van der Waals surface area contributed by atoms with Crippen molar-refractivity contribution in [2.75, 3.05) is 51.6 Å². The van der Waals surface area contributed by atoms with Crippen LogP contribution in [0.2, 0.25) is 0 Å². The van der Waals surface area contributed by atoms with Gasteiger partial charge >= 0.3 is 0 Å². The summed E-state index contributed by atoms with van der Waals surface area (Å²) >= 11 is 0. The molecule has 0 aromatic heterocycles. The average molecular weight is 381 g/mol. The lowest BCUT2D eigenvalue weighted by atomic mass is 10.0. The van der Waals surface area contributed by atoms with Gasteiger partial charge in [0.25, 0.3) is 0 Å². The van der Waals surface area contributed by atoms with Crippen molar-refractivity contribution in [2.45, 2.75) is 26.7 Å². The molecule has 7 nitrogen and oxygen atoms in total. The van der Waals surface area contributed by atoms with E-state index in [0.29, 0.717) is 29.4 Å². The third-order valence-corrected chi connectivity index (χ3v) is 6.85. The quantitative estimate of drug-likeness (QED) is 0.404. The molecule has 0 radical (unpaired) electrons. The Morgan fingerprint density at radius 1 is 0.962 bits per heavy atom. The molecule has 3 aliphatic heterocycles. The molecule has 1 N–H and O–H groups in total. The minimum atomic E-state index is -2.69. The second-order valence-corrected chi connectivity index (χ2v) is 9.89. The van der Waals surface area contributed by atoms with Crippen LogP contribution in [0.5, 0.6) is 0 Å². The minimum Gasteiger partial charge on any atom is -0.365 e. The average Bonchev–Trinajstić information content (AvgIpc) is 3.48. The number of unbranched alkanes of at least 4 members (excludes halogenated alkanes) is 1. The van der Waals surface area contributed by atoms with Crippen molar-refractivity contribution in [2.24, 2.45) is 0 Å². The summed E-state index contributed by atoms with van der Waals surface area (Å²) in [5, 5.41) is 0. The molecule has 0 saturated carbocycles. The Hall–Kier alpha value is -1.59. The highest BCUT2D eigenvalue weighted by atomic mass is 31.2. The first-order valence-corrected chi connectivity index (χ1v) is 11.5. The van der Waals surface area contributed by atoms with E-state index in [1.807, 2.05) is 21.6 Å². The molecule has 0 aromatic carbocycles. The molecule has 0 amide bonds. The molecule has 4 rings (SSSR count). The molecule has 3 heterocycles. The van der Waals surface area contributed by atoms with Crippen LogP contribution in [0, 0.1) is 0 Å². The summed E-state index contributed by atoms with van der Waals surface area (Å²) < 4.78 is 10.9. The third kappa shape index (κ3) is 4.57. The number of allylic oxidation sites excluding steroid dienone is 1. The van der Waals surface area contributed by atoms with E-state index in [9.17, 15) is 14.2 Å². The first-order chi connectivity index (χ1) is 12.4. The Bertz CT molecular complexity index is 703. The number of carbonyl (C=O) groups excluding carboxylic acids is 2. The van der Waals surface area contributed by atoms with E-state index in [0.717, 1.165) is 52.1 Å². The topological polar surface area (TPSA) is 80.5 Å². The number of nitrogens with zero attached hydrogens (tertiary/aromatic N) is 3. The zero-order valence-corrected chi connectivity index (χ0v) is 16.5. The van der Waals surface area contributed by atoms with E-state index in [4.69, 9.17) is 4.89 Å². The fourth-order valence-corrected chi connectivity index (χ4v) is 3.97. The van der Waals surface area contributed by atoms with Crippen molar-refractivity contribution >= 4 is 18.9 Å². The molecule has 0 bridgehead atoms. The maximum Gasteiger partial charge on any atom is 0.227 e. The summed E-state index contributed by atoms with van der Waals surface area (Å²) in [6.07, 6.45) is 4.33. The summed E-state index contributed by atoms with van der Waals surface area (Å²) in [6.45, 7) is 9.19. The fraction of sp³-hybridized carbons (Fsp3) is 0.667. The van der Waals surface area contributed by atoms with Gasteiger partial charge in [0.05, 0.1) is 5.70 Å². The van der Waals surface area contributed by atoms with Crippen molar-refractivity contribution in [1.82, 2.24) is 14.7 Å². The second kappa shape index (κ2) is 7.57. The van der Waals surface area contributed by atoms with Crippen LogP contribution in [0.1, 0.15) is 26.7 Å². The van der Waals surface area contributed by atoms with Gasteiger partial charge in [-0.1, -0.05) is 20.3 Å². The lowest BCUT2D eigenvalue weighted by Crippen LogP contribution is -2.29. The normalized spacial score (nSPS) is 23.3. The van der Waals surface area contributed by atoms with Crippen LogP contribution in [0.15, 0.2) is 23.2 Å². The Morgan fingerprint density at radius 2 is 1.50 bits per heavy atom. The monoisotopic (exact) mass is 381 g/mol. The second-order valence-electron chi connectivity index (χ2n) is 7.12. The van der Waals surface area contributed by atoms with Gasteiger partial charge in [-0.25, -0.2) is 0 Å². The Balaban J connectivity index is 0.000000188. The van der Waals surface area contributed by atoms with Crippen molar-refractivity contribution in [3.05, 3.63) is 23.2 Å². The predicted molar refractivity (Wildman–Crippen MR) is 100.0 cm³/mol. The Labute approximate surface area is 154 Å². The van der Waals surface area contributed by atoms with E-state index >= 15 is 0 Å². The number of rotatable bonds is 7. The molecule has 3 fully saturated rings. The van der Waals surface area contributed by atoms with Crippen molar-refractivity contribution in [1.29, 1.82) is 0 Å². The highest BCUT2D eigenvalue weighted by Gasteiger charge is 2.43. The zero-order chi connectivity index (χ0) is 18.9. The van der Waals surface area contributed by atoms with Crippen LogP contribution in [-0.2, 0) is 14.2 Å². The first-order valence-electron chi connectivity index (χ1n) is 9.48. The smallest absolute Gasteiger partial charge is 0.227 e. The molecule has 0 spiro atoms. The largest absolute Gasteiger partial charge is 0.365 e. The van der Waals surface area contributed by atoms with Crippen molar-refractivity contribution < 1.29 is 19.0 Å². The molecular formula is C18H28N3O4P. The van der Waals surface area contributed by atoms with Crippen LogP contribution in [-0.4, -0.2) is 82.8 Å². The number of Topliss-reactive ketones (excluding diaryl/α,β-unsaturated/α-hetero) is 1.